The average molecular weight is 286 g/mol. The number of halogens is 2. The number of hydrogen-bond donors (Lipinski definition) is 2. The summed E-state index contributed by atoms with van der Waals surface area (Å²) in [5.41, 5.74) is 0.732. The van der Waals surface area contributed by atoms with Crippen molar-refractivity contribution in [2.75, 3.05) is 0 Å². The van der Waals surface area contributed by atoms with E-state index in [4.69, 9.17) is 16.7 Å². The van der Waals surface area contributed by atoms with Crippen LogP contribution in [0.3, 0.4) is 0 Å². The van der Waals surface area contributed by atoms with Crippen molar-refractivity contribution in [3.05, 3.63) is 45.7 Å². The fraction of sp³-hybridized carbons (Fsp3) is 0.231. The highest BCUT2D eigenvalue weighted by atomic mass is 35.5. The largest absolute Gasteiger partial charge is 0.478 e. The van der Waals surface area contributed by atoms with Gasteiger partial charge in [-0.05, 0) is 31.5 Å². The zero-order valence-electron chi connectivity index (χ0n) is 10.5. The Balaban J connectivity index is 2.72. The smallest absolute Gasteiger partial charge is 0.331 e. The quantitative estimate of drug-likeness (QED) is 0.836. The van der Waals surface area contributed by atoms with Gasteiger partial charge < -0.3 is 10.4 Å². The standard InChI is InChI=1S/C13H13ClFNO3/c1-7(8(2)13(18)19)12(17)16-6-9-3-4-11(15)10(14)5-9/h3-5H,6H2,1-2H3,(H,16,17)(H,18,19). The molecule has 0 radical (unpaired) electrons. The van der Waals surface area contributed by atoms with Gasteiger partial charge in [-0.1, -0.05) is 17.7 Å². The number of benzene rings is 1. The molecule has 0 unspecified atom stereocenters. The average Bonchev–Trinajstić information content (AvgIpc) is 2.37. The highest BCUT2D eigenvalue weighted by Gasteiger charge is 2.12. The first kappa shape index (κ1) is 15.2. The highest BCUT2D eigenvalue weighted by Crippen LogP contribution is 2.16. The summed E-state index contributed by atoms with van der Waals surface area (Å²) < 4.78 is 12.9. The molecule has 0 saturated heterocycles. The Labute approximate surface area is 114 Å². The SMILES string of the molecule is CC(C(=O)O)=C(C)C(=O)NCc1ccc(F)c(Cl)c1. The molecule has 1 aromatic rings. The van der Waals surface area contributed by atoms with Crippen LogP contribution >= 0.6 is 11.6 Å². The predicted octanol–water partition coefficient (Wildman–Crippen LogP) is 2.52. The summed E-state index contributed by atoms with van der Waals surface area (Å²) in [4.78, 5) is 22.4. The van der Waals surface area contributed by atoms with Gasteiger partial charge in [0, 0.05) is 17.7 Å². The molecule has 1 rings (SSSR count). The molecule has 19 heavy (non-hydrogen) atoms. The summed E-state index contributed by atoms with van der Waals surface area (Å²) in [7, 11) is 0. The van der Waals surface area contributed by atoms with E-state index in [0.717, 1.165) is 0 Å². The highest BCUT2D eigenvalue weighted by molar-refractivity contribution is 6.30. The van der Waals surface area contributed by atoms with Crippen LogP contribution in [-0.4, -0.2) is 17.0 Å². The number of carbonyl (C=O) groups is 2. The van der Waals surface area contributed by atoms with E-state index in [-0.39, 0.29) is 22.7 Å². The Morgan fingerprint density at radius 3 is 2.47 bits per heavy atom. The Kier molecular flexibility index (Phi) is 5.06. The van der Waals surface area contributed by atoms with Gasteiger partial charge in [0.25, 0.3) is 0 Å². The minimum absolute atomic E-state index is 0.0189. The maximum Gasteiger partial charge on any atom is 0.331 e. The first-order chi connectivity index (χ1) is 8.82. The van der Waals surface area contributed by atoms with E-state index in [1.165, 1.54) is 32.0 Å². The number of aliphatic carboxylic acids is 1. The van der Waals surface area contributed by atoms with E-state index < -0.39 is 17.7 Å². The maximum atomic E-state index is 12.9. The molecule has 0 spiro atoms. The lowest BCUT2D eigenvalue weighted by molar-refractivity contribution is -0.133. The molecule has 0 aromatic heterocycles. The molecule has 0 saturated carbocycles. The van der Waals surface area contributed by atoms with Crippen molar-refractivity contribution in [1.82, 2.24) is 5.32 Å². The van der Waals surface area contributed by atoms with Gasteiger partial charge in [0.05, 0.1) is 5.02 Å². The van der Waals surface area contributed by atoms with Crippen LogP contribution in [-0.2, 0) is 16.1 Å². The van der Waals surface area contributed by atoms with E-state index >= 15 is 0 Å². The van der Waals surface area contributed by atoms with Gasteiger partial charge in [0.1, 0.15) is 5.82 Å². The van der Waals surface area contributed by atoms with Gasteiger partial charge in [-0.3, -0.25) is 4.79 Å². The number of carbonyl (C=O) groups excluding carboxylic acids is 1. The van der Waals surface area contributed by atoms with Crippen LogP contribution in [0, 0.1) is 5.82 Å². The third kappa shape index (κ3) is 4.06. The molecule has 4 nitrogen and oxygen atoms in total. The van der Waals surface area contributed by atoms with Crippen LogP contribution in [0.15, 0.2) is 29.3 Å². The second-order valence-electron chi connectivity index (χ2n) is 3.99. The first-order valence-corrected chi connectivity index (χ1v) is 5.83. The number of carboxylic acid groups (broad SMARTS) is 1. The van der Waals surface area contributed by atoms with E-state index in [1.807, 2.05) is 0 Å². The fourth-order valence-electron chi connectivity index (χ4n) is 1.30. The van der Waals surface area contributed by atoms with Crippen molar-refractivity contribution < 1.29 is 19.1 Å². The minimum atomic E-state index is -1.14. The molecular formula is C13H13ClFNO3. The van der Waals surface area contributed by atoms with Crippen LogP contribution < -0.4 is 5.32 Å². The van der Waals surface area contributed by atoms with Gasteiger partial charge in [0.2, 0.25) is 5.91 Å². The molecule has 102 valence electrons. The van der Waals surface area contributed by atoms with Crippen LogP contribution in [0.2, 0.25) is 5.02 Å². The molecular weight excluding hydrogens is 273 g/mol. The third-order valence-electron chi connectivity index (χ3n) is 2.66. The summed E-state index contributed by atoms with van der Waals surface area (Å²) in [5, 5.41) is 11.3. The zero-order valence-corrected chi connectivity index (χ0v) is 11.2. The summed E-state index contributed by atoms with van der Waals surface area (Å²) in [5.74, 6) is -2.16. The van der Waals surface area contributed by atoms with Gasteiger partial charge >= 0.3 is 5.97 Å². The second kappa shape index (κ2) is 6.33. The normalized spacial score (nSPS) is 11.8. The van der Waals surface area contributed by atoms with Crippen molar-refractivity contribution in [1.29, 1.82) is 0 Å². The van der Waals surface area contributed by atoms with Crippen molar-refractivity contribution >= 4 is 23.5 Å². The maximum absolute atomic E-state index is 12.9. The first-order valence-electron chi connectivity index (χ1n) is 5.45. The minimum Gasteiger partial charge on any atom is -0.478 e. The van der Waals surface area contributed by atoms with Gasteiger partial charge in [-0.15, -0.1) is 0 Å². The van der Waals surface area contributed by atoms with Gasteiger partial charge in [-0.2, -0.15) is 0 Å². The van der Waals surface area contributed by atoms with Crippen molar-refractivity contribution in [3.8, 4) is 0 Å². The van der Waals surface area contributed by atoms with Crippen molar-refractivity contribution in [3.63, 3.8) is 0 Å². The fourth-order valence-corrected chi connectivity index (χ4v) is 1.50. The summed E-state index contributed by atoms with van der Waals surface area (Å²) >= 11 is 5.61. The van der Waals surface area contributed by atoms with E-state index in [9.17, 15) is 14.0 Å². The lowest BCUT2D eigenvalue weighted by atomic mass is 10.1. The zero-order chi connectivity index (χ0) is 14.6. The van der Waals surface area contributed by atoms with E-state index in [2.05, 4.69) is 5.32 Å². The van der Waals surface area contributed by atoms with Crippen LogP contribution in [0.1, 0.15) is 19.4 Å². The molecule has 1 amide bonds. The summed E-state index contributed by atoms with van der Waals surface area (Å²) in [6, 6.07) is 4.10. The Bertz CT molecular complexity index is 555. The lowest BCUT2D eigenvalue weighted by Crippen LogP contribution is -2.25. The number of hydrogen-bond acceptors (Lipinski definition) is 2. The topological polar surface area (TPSA) is 66.4 Å². The Morgan fingerprint density at radius 1 is 1.32 bits per heavy atom. The number of nitrogens with one attached hydrogen (secondary N) is 1. The summed E-state index contributed by atoms with van der Waals surface area (Å²) in [6.07, 6.45) is 0. The second-order valence-corrected chi connectivity index (χ2v) is 4.39. The van der Waals surface area contributed by atoms with Crippen LogP contribution in [0.4, 0.5) is 4.39 Å². The predicted molar refractivity (Wildman–Crippen MR) is 69.3 cm³/mol. The van der Waals surface area contributed by atoms with Crippen molar-refractivity contribution in [2.24, 2.45) is 0 Å². The van der Waals surface area contributed by atoms with Gasteiger partial charge in [-0.25, -0.2) is 9.18 Å². The molecule has 0 aliphatic rings. The Hall–Kier alpha value is -1.88. The molecule has 0 aliphatic carbocycles. The van der Waals surface area contributed by atoms with E-state index in [1.54, 1.807) is 0 Å². The number of carboxylic acids is 1. The van der Waals surface area contributed by atoms with Crippen LogP contribution in [0.5, 0.6) is 0 Å². The molecule has 6 heteroatoms. The molecule has 1 aromatic carbocycles. The molecule has 0 bridgehead atoms. The third-order valence-corrected chi connectivity index (χ3v) is 2.95. The van der Waals surface area contributed by atoms with Gasteiger partial charge in [0.15, 0.2) is 0 Å². The number of amides is 1. The number of rotatable bonds is 4. The molecule has 0 heterocycles. The molecule has 0 fully saturated rings. The molecule has 0 aliphatic heterocycles. The summed E-state index contributed by atoms with van der Waals surface area (Å²) in [6.45, 7) is 2.92. The molecule has 0 atom stereocenters. The van der Waals surface area contributed by atoms with Crippen LogP contribution in [0.25, 0.3) is 0 Å². The molecule has 2 N–H and O–H groups in total. The van der Waals surface area contributed by atoms with E-state index in [0.29, 0.717) is 5.56 Å². The lowest BCUT2D eigenvalue weighted by Gasteiger charge is -2.07. The monoisotopic (exact) mass is 285 g/mol. The van der Waals surface area contributed by atoms with Crippen molar-refractivity contribution in [2.45, 2.75) is 20.4 Å². The Morgan fingerprint density at radius 2 is 1.95 bits per heavy atom.